The summed E-state index contributed by atoms with van der Waals surface area (Å²) in [4.78, 5) is 0. The molecule has 0 aliphatic carbocycles. The monoisotopic (exact) mass is 250 g/mol. The van der Waals surface area contributed by atoms with Gasteiger partial charge in [-0.25, -0.2) is 0 Å². The van der Waals surface area contributed by atoms with Gasteiger partial charge in [0.05, 0.1) is 5.52 Å². The van der Waals surface area contributed by atoms with Crippen LogP contribution in [0.4, 0.5) is 0 Å². The summed E-state index contributed by atoms with van der Waals surface area (Å²) in [6, 6.07) is 4.17. The summed E-state index contributed by atoms with van der Waals surface area (Å²) in [7, 11) is 0. The molecule has 1 aromatic carbocycles. The van der Waals surface area contributed by atoms with Gasteiger partial charge in [-0.15, -0.1) is 0 Å². The predicted octanol–water partition coefficient (Wildman–Crippen LogP) is 5.57. The van der Waals surface area contributed by atoms with Crippen LogP contribution in [0, 0.1) is 20.8 Å². The van der Waals surface area contributed by atoms with E-state index in [-0.39, 0.29) is 0 Å². The Morgan fingerprint density at radius 3 is 1.83 bits per heavy atom. The molecule has 0 atom stereocenters. The number of aryl methyl sites for hydroxylation is 3. The molecular weight excluding hydrogens is 220 g/mol. The number of fused-ring (bicyclic) bond motifs is 1. The van der Waals surface area contributed by atoms with Crippen LogP contribution in [0.15, 0.2) is 12.1 Å². The molecule has 0 saturated carbocycles. The van der Waals surface area contributed by atoms with Gasteiger partial charge in [-0.1, -0.05) is 47.6 Å². The lowest BCUT2D eigenvalue weighted by Gasteiger charge is -2.00. The van der Waals surface area contributed by atoms with Crippen molar-refractivity contribution in [2.75, 3.05) is 0 Å². The Bertz CT molecular complexity index is 428. The van der Waals surface area contributed by atoms with Gasteiger partial charge in [-0.05, 0) is 38.0 Å². The van der Waals surface area contributed by atoms with E-state index in [1.165, 1.54) is 16.5 Å². The summed E-state index contributed by atoms with van der Waals surface area (Å²) in [5.74, 6) is 0. The smallest absolute Gasteiger partial charge is 0.0926 e. The topological polar surface area (TPSA) is 28.7 Å². The van der Waals surface area contributed by atoms with Crippen LogP contribution < -0.4 is 0 Å². The fraction of sp³-hybridized carbons (Fsp3) is 0.562. The van der Waals surface area contributed by atoms with Crippen molar-refractivity contribution in [1.29, 1.82) is 0 Å². The van der Waals surface area contributed by atoms with Gasteiger partial charge in [0.1, 0.15) is 0 Å². The molecule has 0 aliphatic heterocycles. The first-order chi connectivity index (χ1) is 8.70. The Balaban J connectivity index is 0. The summed E-state index contributed by atoms with van der Waals surface area (Å²) in [6.45, 7) is 18.3. The lowest BCUT2D eigenvalue weighted by molar-refractivity contribution is 1.07. The standard InChI is InChI=1S/C10H12N2.3C2H6/c1-6-4-5-9-10(7(6)2)8(3)11-12-9;3*1-2/h4-5H,1-3H3,(H,11,12);3*1-2H3. The Morgan fingerprint density at radius 1 is 0.833 bits per heavy atom. The number of benzene rings is 1. The molecule has 2 heteroatoms. The highest BCUT2D eigenvalue weighted by Crippen LogP contribution is 2.21. The largest absolute Gasteiger partial charge is 0.282 e. The first-order valence-corrected chi connectivity index (χ1v) is 7.11. The molecule has 1 aromatic heterocycles. The van der Waals surface area contributed by atoms with Gasteiger partial charge in [0.15, 0.2) is 0 Å². The number of hydrogen-bond acceptors (Lipinski definition) is 1. The van der Waals surface area contributed by atoms with E-state index in [0.29, 0.717) is 0 Å². The molecule has 0 spiro atoms. The Labute approximate surface area is 113 Å². The Kier molecular flexibility index (Phi) is 11.4. The molecule has 0 unspecified atom stereocenters. The van der Waals surface area contributed by atoms with E-state index in [0.717, 1.165) is 11.2 Å². The highest BCUT2D eigenvalue weighted by atomic mass is 15.1. The molecule has 0 radical (unpaired) electrons. The molecule has 2 rings (SSSR count). The highest BCUT2D eigenvalue weighted by Gasteiger charge is 2.04. The van der Waals surface area contributed by atoms with Gasteiger partial charge in [-0.3, -0.25) is 5.10 Å². The molecule has 104 valence electrons. The predicted molar refractivity (Wildman–Crippen MR) is 84.3 cm³/mol. The van der Waals surface area contributed by atoms with Gasteiger partial charge in [0.2, 0.25) is 0 Å². The number of nitrogens with zero attached hydrogens (tertiary/aromatic N) is 1. The average Bonchev–Trinajstić information content (AvgIpc) is 2.83. The first kappa shape index (κ1) is 19.0. The maximum absolute atomic E-state index is 4.20. The average molecular weight is 250 g/mol. The van der Waals surface area contributed by atoms with Crippen molar-refractivity contribution in [3.8, 4) is 0 Å². The van der Waals surface area contributed by atoms with Gasteiger partial charge in [-0.2, -0.15) is 5.10 Å². The number of aromatic nitrogens is 2. The molecule has 0 aliphatic rings. The minimum Gasteiger partial charge on any atom is -0.282 e. The molecule has 2 nitrogen and oxygen atoms in total. The Morgan fingerprint density at radius 2 is 1.33 bits per heavy atom. The number of hydrogen-bond donors (Lipinski definition) is 1. The lowest BCUT2D eigenvalue weighted by atomic mass is 10.0. The molecule has 0 amide bonds. The number of nitrogens with one attached hydrogen (secondary N) is 1. The molecule has 0 bridgehead atoms. The quantitative estimate of drug-likeness (QED) is 0.651. The molecule has 2 aromatic rings. The van der Waals surface area contributed by atoms with Crippen molar-refractivity contribution in [2.24, 2.45) is 0 Å². The van der Waals surface area contributed by atoms with Crippen molar-refractivity contribution < 1.29 is 0 Å². The second kappa shape index (κ2) is 10.8. The fourth-order valence-electron chi connectivity index (χ4n) is 1.57. The normalized spacial score (nSPS) is 8.28. The van der Waals surface area contributed by atoms with Gasteiger partial charge in [0, 0.05) is 11.1 Å². The van der Waals surface area contributed by atoms with E-state index in [1.807, 2.05) is 41.5 Å². The summed E-state index contributed by atoms with van der Waals surface area (Å²) in [5.41, 5.74) is 4.88. The zero-order valence-electron chi connectivity index (χ0n) is 13.6. The van der Waals surface area contributed by atoms with E-state index < -0.39 is 0 Å². The van der Waals surface area contributed by atoms with Crippen LogP contribution in [0.5, 0.6) is 0 Å². The van der Waals surface area contributed by atoms with Crippen LogP contribution in [0.3, 0.4) is 0 Å². The fourth-order valence-corrected chi connectivity index (χ4v) is 1.57. The van der Waals surface area contributed by atoms with Crippen molar-refractivity contribution in [3.05, 3.63) is 29.0 Å². The van der Waals surface area contributed by atoms with Gasteiger partial charge < -0.3 is 0 Å². The summed E-state index contributed by atoms with van der Waals surface area (Å²) < 4.78 is 0. The van der Waals surface area contributed by atoms with Crippen molar-refractivity contribution in [2.45, 2.75) is 62.3 Å². The molecule has 1 heterocycles. The maximum Gasteiger partial charge on any atom is 0.0926 e. The van der Waals surface area contributed by atoms with E-state index >= 15 is 0 Å². The molecule has 18 heavy (non-hydrogen) atoms. The summed E-state index contributed by atoms with van der Waals surface area (Å²) in [6.07, 6.45) is 0. The maximum atomic E-state index is 4.20. The lowest BCUT2D eigenvalue weighted by Crippen LogP contribution is -1.82. The van der Waals surface area contributed by atoms with E-state index in [2.05, 4.69) is 43.1 Å². The first-order valence-electron chi connectivity index (χ1n) is 7.11. The van der Waals surface area contributed by atoms with E-state index in [1.54, 1.807) is 0 Å². The number of rotatable bonds is 0. The zero-order chi connectivity index (χ0) is 14.7. The highest BCUT2D eigenvalue weighted by molar-refractivity contribution is 5.85. The van der Waals surface area contributed by atoms with Crippen LogP contribution in [0.1, 0.15) is 58.4 Å². The third-order valence-corrected chi connectivity index (χ3v) is 2.43. The van der Waals surface area contributed by atoms with Crippen molar-refractivity contribution >= 4 is 10.9 Å². The van der Waals surface area contributed by atoms with Crippen LogP contribution in [-0.4, -0.2) is 10.2 Å². The molecule has 1 N–H and O–H groups in total. The SMILES string of the molecule is CC.CC.CC.Cc1ccc2n[nH]c(C)c2c1C. The minimum atomic E-state index is 1.07. The van der Waals surface area contributed by atoms with E-state index in [9.17, 15) is 0 Å². The minimum absolute atomic E-state index is 1.07. The Hall–Kier alpha value is -1.31. The van der Waals surface area contributed by atoms with Gasteiger partial charge in [0.25, 0.3) is 0 Å². The number of H-pyrrole nitrogens is 1. The molecular formula is C16H30N2. The van der Waals surface area contributed by atoms with E-state index in [4.69, 9.17) is 0 Å². The summed E-state index contributed by atoms with van der Waals surface area (Å²) in [5, 5.41) is 8.46. The van der Waals surface area contributed by atoms with Crippen LogP contribution in [0.25, 0.3) is 10.9 Å². The van der Waals surface area contributed by atoms with Crippen LogP contribution in [-0.2, 0) is 0 Å². The third-order valence-electron chi connectivity index (χ3n) is 2.43. The molecule has 0 saturated heterocycles. The van der Waals surface area contributed by atoms with Crippen molar-refractivity contribution in [3.63, 3.8) is 0 Å². The van der Waals surface area contributed by atoms with Crippen LogP contribution in [0.2, 0.25) is 0 Å². The van der Waals surface area contributed by atoms with Crippen LogP contribution >= 0.6 is 0 Å². The zero-order valence-corrected chi connectivity index (χ0v) is 13.6. The van der Waals surface area contributed by atoms with Gasteiger partial charge >= 0.3 is 0 Å². The molecule has 0 fully saturated rings. The second-order valence-electron chi connectivity index (χ2n) is 3.25. The second-order valence-corrected chi connectivity index (χ2v) is 3.25. The summed E-state index contributed by atoms with van der Waals surface area (Å²) >= 11 is 0. The third kappa shape index (κ3) is 4.52. The van der Waals surface area contributed by atoms with Crippen molar-refractivity contribution in [1.82, 2.24) is 10.2 Å². The number of aromatic amines is 1.